The van der Waals surface area contributed by atoms with Crippen molar-refractivity contribution >= 4 is 27.3 Å². The van der Waals surface area contributed by atoms with E-state index in [1.807, 2.05) is 0 Å². The van der Waals surface area contributed by atoms with Crippen LogP contribution in [-0.2, 0) is 16.6 Å². The zero-order chi connectivity index (χ0) is 15.6. The SMILES string of the molecule is Cc1cc(S(=O)(=O)NCc2ccccc2Cl)cc(N)c1F. The van der Waals surface area contributed by atoms with Gasteiger partial charge in [-0.25, -0.2) is 17.5 Å². The second-order valence-electron chi connectivity index (χ2n) is 4.56. The number of nitrogen functional groups attached to an aromatic ring is 1. The van der Waals surface area contributed by atoms with Gasteiger partial charge in [0, 0.05) is 11.6 Å². The van der Waals surface area contributed by atoms with Crippen LogP contribution in [0.25, 0.3) is 0 Å². The first-order valence-corrected chi connectivity index (χ1v) is 7.96. The lowest BCUT2D eigenvalue weighted by Crippen LogP contribution is -2.23. The van der Waals surface area contributed by atoms with Crippen LogP contribution in [0, 0.1) is 12.7 Å². The van der Waals surface area contributed by atoms with Crippen LogP contribution in [0.5, 0.6) is 0 Å². The molecular formula is C14H14ClFN2O2S. The Kier molecular flexibility index (Phi) is 4.51. The molecule has 0 atom stereocenters. The van der Waals surface area contributed by atoms with Crippen LogP contribution in [-0.4, -0.2) is 8.42 Å². The molecule has 2 rings (SSSR count). The third kappa shape index (κ3) is 3.53. The molecule has 7 heteroatoms. The van der Waals surface area contributed by atoms with Crippen LogP contribution in [0.15, 0.2) is 41.3 Å². The van der Waals surface area contributed by atoms with E-state index in [-0.39, 0.29) is 22.7 Å². The predicted octanol–water partition coefficient (Wildman–Crippen LogP) is 2.85. The zero-order valence-corrected chi connectivity index (χ0v) is 12.8. The highest BCUT2D eigenvalue weighted by Crippen LogP contribution is 2.21. The summed E-state index contributed by atoms with van der Waals surface area (Å²) in [6, 6.07) is 9.23. The van der Waals surface area contributed by atoms with E-state index < -0.39 is 15.8 Å². The van der Waals surface area contributed by atoms with E-state index in [2.05, 4.69) is 4.72 Å². The first-order chi connectivity index (χ1) is 9.81. The summed E-state index contributed by atoms with van der Waals surface area (Å²) in [5.41, 5.74) is 6.08. The summed E-state index contributed by atoms with van der Waals surface area (Å²) in [6.07, 6.45) is 0. The molecular weight excluding hydrogens is 315 g/mol. The molecule has 2 aromatic carbocycles. The summed E-state index contributed by atoms with van der Waals surface area (Å²) in [5.74, 6) is -0.611. The minimum atomic E-state index is -3.79. The van der Waals surface area contributed by atoms with E-state index in [1.54, 1.807) is 24.3 Å². The topological polar surface area (TPSA) is 72.2 Å². The third-order valence-corrected chi connectivity index (χ3v) is 4.73. The molecule has 0 saturated carbocycles. The number of hydrogen-bond donors (Lipinski definition) is 2. The molecule has 0 spiro atoms. The van der Waals surface area contributed by atoms with Gasteiger partial charge in [-0.15, -0.1) is 0 Å². The fourth-order valence-corrected chi connectivity index (χ4v) is 3.14. The fourth-order valence-electron chi connectivity index (χ4n) is 1.82. The van der Waals surface area contributed by atoms with Gasteiger partial charge in [0.25, 0.3) is 0 Å². The van der Waals surface area contributed by atoms with Gasteiger partial charge in [0.2, 0.25) is 10.0 Å². The number of nitrogens with two attached hydrogens (primary N) is 1. The van der Waals surface area contributed by atoms with Crippen molar-refractivity contribution < 1.29 is 12.8 Å². The van der Waals surface area contributed by atoms with Crippen molar-refractivity contribution in [3.05, 3.63) is 58.4 Å². The number of hydrogen-bond acceptors (Lipinski definition) is 3. The lowest BCUT2D eigenvalue weighted by Gasteiger charge is -2.10. The first-order valence-electron chi connectivity index (χ1n) is 6.10. The minimum Gasteiger partial charge on any atom is -0.396 e. The molecule has 0 fully saturated rings. The van der Waals surface area contributed by atoms with E-state index in [0.29, 0.717) is 10.6 Å². The molecule has 3 N–H and O–H groups in total. The molecule has 0 amide bonds. The van der Waals surface area contributed by atoms with Gasteiger partial charge < -0.3 is 5.73 Å². The number of nitrogens with one attached hydrogen (secondary N) is 1. The number of rotatable bonds is 4. The van der Waals surface area contributed by atoms with Gasteiger partial charge >= 0.3 is 0 Å². The quantitative estimate of drug-likeness (QED) is 0.848. The average molecular weight is 329 g/mol. The lowest BCUT2D eigenvalue weighted by molar-refractivity contribution is 0.580. The van der Waals surface area contributed by atoms with Crippen molar-refractivity contribution in [1.29, 1.82) is 0 Å². The van der Waals surface area contributed by atoms with Gasteiger partial charge in [0.15, 0.2) is 0 Å². The fraction of sp³-hybridized carbons (Fsp3) is 0.143. The normalized spacial score (nSPS) is 11.6. The van der Waals surface area contributed by atoms with Crippen LogP contribution >= 0.6 is 11.6 Å². The van der Waals surface area contributed by atoms with Crippen LogP contribution in [0.3, 0.4) is 0 Å². The van der Waals surface area contributed by atoms with Crippen LogP contribution < -0.4 is 10.5 Å². The molecule has 0 saturated heterocycles. The summed E-state index contributed by atoms with van der Waals surface area (Å²) < 4.78 is 40.3. The number of benzene rings is 2. The summed E-state index contributed by atoms with van der Waals surface area (Å²) in [5, 5.41) is 0.468. The highest BCUT2D eigenvalue weighted by molar-refractivity contribution is 7.89. The number of anilines is 1. The molecule has 0 aliphatic rings. The monoisotopic (exact) mass is 328 g/mol. The van der Waals surface area contributed by atoms with E-state index in [9.17, 15) is 12.8 Å². The second kappa shape index (κ2) is 6.01. The van der Waals surface area contributed by atoms with Gasteiger partial charge in [0.05, 0.1) is 10.6 Å². The highest BCUT2D eigenvalue weighted by atomic mass is 35.5. The molecule has 0 unspecified atom stereocenters. The second-order valence-corrected chi connectivity index (χ2v) is 6.73. The molecule has 0 aromatic heterocycles. The van der Waals surface area contributed by atoms with Crippen molar-refractivity contribution in [3.8, 4) is 0 Å². The maximum absolute atomic E-state index is 13.4. The largest absolute Gasteiger partial charge is 0.396 e. The van der Waals surface area contributed by atoms with Gasteiger partial charge in [-0.05, 0) is 36.2 Å². The predicted molar refractivity (Wildman–Crippen MR) is 81.0 cm³/mol. The van der Waals surface area contributed by atoms with Gasteiger partial charge in [-0.3, -0.25) is 0 Å². The van der Waals surface area contributed by atoms with E-state index in [4.69, 9.17) is 17.3 Å². The Balaban J connectivity index is 2.25. The maximum Gasteiger partial charge on any atom is 0.240 e. The molecule has 0 heterocycles. The number of aryl methyl sites for hydroxylation is 1. The van der Waals surface area contributed by atoms with Crippen molar-refractivity contribution in [3.63, 3.8) is 0 Å². The molecule has 0 aliphatic heterocycles. The zero-order valence-electron chi connectivity index (χ0n) is 11.2. The summed E-state index contributed by atoms with van der Waals surface area (Å²) in [4.78, 5) is -0.0778. The maximum atomic E-state index is 13.4. The summed E-state index contributed by atoms with van der Waals surface area (Å²) >= 11 is 5.97. The van der Waals surface area contributed by atoms with Crippen molar-refractivity contribution in [2.75, 3.05) is 5.73 Å². The Morgan fingerprint density at radius 3 is 2.57 bits per heavy atom. The standard InChI is InChI=1S/C14H14ClFN2O2S/c1-9-6-11(7-13(17)14(9)16)21(19,20)18-8-10-4-2-3-5-12(10)15/h2-7,18H,8,17H2,1H3. The first kappa shape index (κ1) is 15.8. The molecule has 0 aliphatic carbocycles. The van der Waals surface area contributed by atoms with E-state index in [1.165, 1.54) is 13.0 Å². The Morgan fingerprint density at radius 1 is 1.29 bits per heavy atom. The van der Waals surface area contributed by atoms with E-state index >= 15 is 0 Å². The van der Waals surface area contributed by atoms with Crippen molar-refractivity contribution in [2.24, 2.45) is 0 Å². The Labute approximate surface area is 127 Å². The van der Waals surface area contributed by atoms with Gasteiger partial charge in [0.1, 0.15) is 5.82 Å². The molecule has 2 aromatic rings. The molecule has 4 nitrogen and oxygen atoms in total. The summed E-state index contributed by atoms with van der Waals surface area (Å²) in [7, 11) is -3.79. The number of sulfonamides is 1. The van der Waals surface area contributed by atoms with Crippen LogP contribution in [0.1, 0.15) is 11.1 Å². The smallest absolute Gasteiger partial charge is 0.240 e. The Hall–Kier alpha value is -1.63. The van der Waals surface area contributed by atoms with Gasteiger partial charge in [-0.2, -0.15) is 0 Å². The molecule has 0 bridgehead atoms. The Bertz CT molecular complexity index is 755. The van der Waals surface area contributed by atoms with Crippen LogP contribution in [0.2, 0.25) is 5.02 Å². The molecule has 0 radical (unpaired) electrons. The average Bonchev–Trinajstić information content (AvgIpc) is 2.43. The summed E-state index contributed by atoms with van der Waals surface area (Å²) in [6.45, 7) is 1.50. The lowest BCUT2D eigenvalue weighted by atomic mass is 10.2. The Morgan fingerprint density at radius 2 is 1.95 bits per heavy atom. The van der Waals surface area contributed by atoms with Gasteiger partial charge in [-0.1, -0.05) is 29.8 Å². The third-order valence-electron chi connectivity index (χ3n) is 2.98. The van der Waals surface area contributed by atoms with Crippen molar-refractivity contribution in [1.82, 2.24) is 4.72 Å². The molecule has 21 heavy (non-hydrogen) atoms. The van der Waals surface area contributed by atoms with E-state index in [0.717, 1.165) is 6.07 Å². The minimum absolute atomic E-state index is 0.0400. The van der Waals surface area contributed by atoms with Crippen LogP contribution in [0.4, 0.5) is 10.1 Å². The molecule has 112 valence electrons. The highest BCUT2D eigenvalue weighted by Gasteiger charge is 2.17. The number of halogens is 2. The van der Waals surface area contributed by atoms with Crippen molar-refractivity contribution in [2.45, 2.75) is 18.4 Å².